The van der Waals surface area contributed by atoms with Gasteiger partial charge < -0.3 is 5.32 Å². The Balaban J connectivity index is 2.28. The summed E-state index contributed by atoms with van der Waals surface area (Å²) in [4.78, 5) is 2.60. The monoisotopic (exact) mass is 342 g/mol. The van der Waals surface area contributed by atoms with E-state index < -0.39 is 0 Å². The summed E-state index contributed by atoms with van der Waals surface area (Å²) < 4.78 is 3.15. The van der Waals surface area contributed by atoms with E-state index in [4.69, 9.17) is 0 Å². The molecule has 1 aromatic rings. The molecule has 1 atom stereocenters. The molecular weight excluding hydrogens is 316 g/mol. The lowest BCUT2D eigenvalue weighted by atomic mass is 9.88. The van der Waals surface area contributed by atoms with Gasteiger partial charge in [-0.2, -0.15) is 5.10 Å². The Hall–Kier alpha value is -0.390. The van der Waals surface area contributed by atoms with Gasteiger partial charge in [0, 0.05) is 37.8 Å². The van der Waals surface area contributed by atoms with Crippen LogP contribution in [0.2, 0.25) is 0 Å². The van der Waals surface area contributed by atoms with E-state index >= 15 is 0 Å². The number of aryl methyl sites for hydroxylation is 2. The second kappa shape index (κ2) is 5.43. The lowest BCUT2D eigenvalue weighted by Gasteiger charge is -2.51. The molecule has 0 spiro atoms. The molecule has 1 aromatic heterocycles. The Bertz CT molecular complexity index is 494. The van der Waals surface area contributed by atoms with Crippen molar-refractivity contribution < 1.29 is 0 Å². The Morgan fingerprint density at radius 3 is 2.50 bits per heavy atom. The van der Waals surface area contributed by atoms with Crippen LogP contribution in [-0.4, -0.2) is 38.8 Å². The smallest absolute Gasteiger partial charge is 0.0739 e. The SMILES string of the molecule is CCC1(C)CNC(C)(C)CN1Cc1c(Br)c(C)nn1C. The molecule has 1 N–H and O–H groups in total. The van der Waals surface area contributed by atoms with Gasteiger partial charge in [0.2, 0.25) is 0 Å². The van der Waals surface area contributed by atoms with Gasteiger partial charge in [-0.1, -0.05) is 6.92 Å². The highest BCUT2D eigenvalue weighted by Crippen LogP contribution is 2.30. The van der Waals surface area contributed by atoms with Crippen LogP contribution in [0.4, 0.5) is 0 Å². The fraction of sp³-hybridized carbons (Fsp3) is 0.800. The van der Waals surface area contributed by atoms with Gasteiger partial charge in [0.05, 0.1) is 15.9 Å². The molecule has 0 saturated carbocycles. The molecule has 1 fully saturated rings. The fourth-order valence-corrected chi connectivity index (χ4v) is 3.35. The number of aromatic nitrogens is 2. The maximum absolute atomic E-state index is 4.51. The van der Waals surface area contributed by atoms with Crippen molar-refractivity contribution in [1.82, 2.24) is 20.0 Å². The minimum Gasteiger partial charge on any atom is -0.309 e. The largest absolute Gasteiger partial charge is 0.309 e. The number of piperazine rings is 1. The Kier molecular flexibility index (Phi) is 4.34. The van der Waals surface area contributed by atoms with Gasteiger partial charge in [0.25, 0.3) is 0 Å². The molecule has 0 amide bonds. The van der Waals surface area contributed by atoms with E-state index in [0.717, 1.165) is 36.2 Å². The first kappa shape index (κ1) is 16.0. The number of hydrogen-bond donors (Lipinski definition) is 1. The van der Waals surface area contributed by atoms with Gasteiger partial charge in [-0.25, -0.2) is 0 Å². The van der Waals surface area contributed by atoms with Crippen molar-refractivity contribution in [2.45, 2.75) is 58.7 Å². The molecule has 2 heterocycles. The minimum atomic E-state index is 0.162. The first-order valence-electron chi connectivity index (χ1n) is 7.36. The molecule has 0 bridgehead atoms. The highest BCUT2D eigenvalue weighted by atomic mass is 79.9. The van der Waals surface area contributed by atoms with Gasteiger partial charge in [-0.15, -0.1) is 0 Å². The normalized spacial score (nSPS) is 26.9. The molecule has 4 nitrogen and oxygen atoms in total. The summed E-state index contributed by atoms with van der Waals surface area (Å²) in [5, 5.41) is 8.19. The average Bonchev–Trinajstić information content (AvgIpc) is 2.60. The molecule has 1 saturated heterocycles. The summed E-state index contributed by atoms with van der Waals surface area (Å²) in [7, 11) is 2.03. The van der Waals surface area contributed by atoms with Gasteiger partial charge in [-0.3, -0.25) is 9.58 Å². The summed E-state index contributed by atoms with van der Waals surface area (Å²) >= 11 is 3.69. The second-order valence-corrected chi connectivity index (χ2v) is 7.71. The summed E-state index contributed by atoms with van der Waals surface area (Å²) in [6, 6.07) is 0. The minimum absolute atomic E-state index is 0.162. The lowest BCUT2D eigenvalue weighted by Crippen LogP contribution is -2.66. The van der Waals surface area contributed by atoms with Crippen molar-refractivity contribution in [1.29, 1.82) is 0 Å². The predicted molar refractivity (Wildman–Crippen MR) is 86.8 cm³/mol. The van der Waals surface area contributed by atoms with Crippen LogP contribution in [0.1, 0.15) is 45.5 Å². The van der Waals surface area contributed by atoms with Gasteiger partial charge in [0.1, 0.15) is 0 Å². The van der Waals surface area contributed by atoms with E-state index in [2.05, 4.69) is 58.9 Å². The van der Waals surface area contributed by atoms with Crippen molar-refractivity contribution in [2.75, 3.05) is 13.1 Å². The second-order valence-electron chi connectivity index (χ2n) is 6.91. The first-order valence-corrected chi connectivity index (χ1v) is 8.16. The van der Waals surface area contributed by atoms with Crippen LogP contribution < -0.4 is 5.32 Å². The summed E-state index contributed by atoms with van der Waals surface area (Å²) in [6.07, 6.45) is 1.14. The average molecular weight is 343 g/mol. The summed E-state index contributed by atoms with van der Waals surface area (Å²) in [5.74, 6) is 0. The molecule has 1 aliphatic heterocycles. The van der Waals surface area contributed by atoms with E-state index in [0.29, 0.717) is 0 Å². The number of halogens is 1. The highest BCUT2D eigenvalue weighted by molar-refractivity contribution is 9.10. The maximum atomic E-state index is 4.51. The van der Waals surface area contributed by atoms with Crippen molar-refractivity contribution in [3.8, 4) is 0 Å². The van der Waals surface area contributed by atoms with Crippen molar-refractivity contribution in [3.63, 3.8) is 0 Å². The standard InChI is InChI=1S/C15H27BrN4/c1-7-15(5)9-17-14(3,4)10-20(15)8-12-13(16)11(2)18-19(12)6/h17H,7-10H2,1-6H3. The molecule has 20 heavy (non-hydrogen) atoms. The van der Waals surface area contributed by atoms with Gasteiger partial charge >= 0.3 is 0 Å². The molecule has 2 rings (SSSR count). The quantitative estimate of drug-likeness (QED) is 0.916. The van der Waals surface area contributed by atoms with Crippen molar-refractivity contribution in [2.24, 2.45) is 7.05 Å². The van der Waals surface area contributed by atoms with E-state index in [1.54, 1.807) is 0 Å². The van der Waals surface area contributed by atoms with Gasteiger partial charge in [-0.05, 0) is 50.0 Å². The van der Waals surface area contributed by atoms with Gasteiger partial charge in [0.15, 0.2) is 0 Å². The molecule has 0 radical (unpaired) electrons. The number of rotatable bonds is 3. The van der Waals surface area contributed by atoms with Crippen LogP contribution in [0.15, 0.2) is 4.47 Å². The van der Waals surface area contributed by atoms with Crippen LogP contribution in [0.25, 0.3) is 0 Å². The topological polar surface area (TPSA) is 33.1 Å². The third kappa shape index (κ3) is 2.95. The Labute approximate surface area is 131 Å². The van der Waals surface area contributed by atoms with E-state index in [1.807, 2.05) is 18.7 Å². The molecule has 1 aliphatic rings. The Morgan fingerprint density at radius 1 is 1.35 bits per heavy atom. The third-order valence-corrected chi connectivity index (χ3v) is 5.69. The van der Waals surface area contributed by atoms with E-state index in [-0.39, 0.29) is 11.1 Å². The van der Waals surface area contributed by atoms with Crippen LogP contribution in [0.3, 0.4) is 0 Å². The van der Waals surface area contributed by atoms with Crippen molar-refractivity contribution in [3.05, 3.63) is 15.9 Å². The maximum Gasteiger partial charge on any atom is 0.0739 e. The van der Waals surface area contributed by atoms with E-state index in [1.165, 1.54) is 5.69 Å². The molecule has 114 valence electrons. The van der Waals surface area contributed by atoms with Crippen LogP contribution in [0.5, 0.6) is 0 Å². The number of nitrogens with one attached hydrogen (secondary N) is 1. The van der Waals surface area contributed by atoms with E-state index in [9.17, 15) is 0 Å². The third-order valence-electron chi connectivity index (χ3n) is 4.66. The zero-order valence-corrected chi connectivity index (χ0v) is 15.1. The van der Waals surface area contributed by atoms with Crippen molar-refractivity contribution >= 4 is 15.9 Å². The fourth-order valence-electron chi connectivity index (χ4n) is 2.89. The predicted octanol–water partition coefficient (Wildman–Crippen LogP) is 2.84. The van der Waals surface area contributed by atoms with Crippen LogP contribution >= 0.6 is 15.9 Å². The number of hydrogen-bond acceptors (Lipinski definition) is 3. The molecular formula is C15H27BrN4. The molecule has 0 aliphatic carbocycles. The molecule has 0 aromatic carbocycles. The molecule has 5 heteroatoms. The lowest BCUT2D eigenvalue weighted by molar-refractivity contribution is 0.0156. The highest BCUT2D eigenvalue weighted by Gasteiger charge is 2.40. The number of nitrogens with zero attached hydrogens (tertiary/aromatic N) is 3. The molecule has 1 unspecified atom stereocenters. The van der Waals surface area contributed by atoms with Crippen LogP contribution in [0, 0.1) is 6.92 Å². The summed E-state index contributed by atoms with van der Waals surface area (Å²) in [6.45, 7) is 14.3. The zero-order valence-electron chi connectivity index (χ0n) is 13.5. The van der Waals surface area contributed by atoms with Crippen LogP contribution in [-0.2, 0) is 13.6 Å². The first-order chi connectivity index (χ1) is 9.18. The summed E-state index contributed by atoms with van der Waals surface area (Å²) in [5.41, 5.74) is 2.69. The zero-order chi connectivity index (χ0) is 15.1. The Morgan fingerprint density at radius 2 is 2.00 bits per heavy atom.